The Balaban J connectivity index is 1.97. The smallest absolute Gasteiger partial charge is 0.114 e. The quantitative estimate of drug-likeness (QED) is 0.899. The zero-order chi connectivity index (χ0) is 13.3. The molecule has 0 aliphatic heterocycles. The first-order valence-corrected chi connectivity index (χ1v) is 8.86. The van der Waals surface area contributed by atoms with Crippen LogP contribution in [0.4, 0.5) is 0 Å². The van der Waals surface area contributed by atoms with Gasteiger partial charge >= 0.3 is 0 Å². The number of hydrogen-bond acceptors (Lipinski definition) is 3. The molecule has 0 amide bonds. The first-order valence-electron chi connectivity index (χ1n) is 8.04. The van der Waals surface area contributed by atoms with Crippen LogP contribution in [0.1, 0.15) is 68.0 Å². The Kier molecular flexibility index (Phi) is 3.95. The highest BCUT2D eigenvalue weighted by molar-refractivity contribution is 7.12. The van der Waals surface area contributed by atoms with E-state index in [2.05, 4.69) is 19.2 Å². The SMILES string of the molecule is CCNC1(c2nc3c(s2)CCC3)CCCCC1CC. The van der Waals surface area contributed by atoms with Gasteiger partial charge in [-0.3, -0.25) is 0 Å². The van der Waals surface area contributed by atoms with Gasteiger partial charge in [0.05, 0.1) is 11.2 Å². The molecule has 1 N–H and O–H groups in total. The maximum Gasteiger partial charge on any atom is 0.114 e. The summed E-state index contributed by atoms with van der Waals surface area (Å²) in [5, 5.41) is 5.26. The molecule has 2 aliphatic rings. The van der Waals surface area contributed by atoms with E-state index >= 15 is 0 Å². The summed E-state index contributed by atoms with van der Waals surface area (Å²) in [5.41, 5.74) is 1.61. The Morgan fingerprint density at radius 3 is 2.89 bits per heavy atom. The van der Waals surface area contributed by atoms with E-state index in [4.69, 9.17) is 4.98 Å². The molecule has 2 aliphatic carbocycles. The number of nitrogens with zero attached hydrogens (tertiary/aromatic N) is 1. The Bertz CT molecular complexity index is 414. The van der Waals surface area contributed by atoms with Gasteiger partial charge in [-0.2, -0.15) is 0 Å². The van der Waals surface area contributed by atoms with Crippen molar-refractivity contribution >= 4 is 11.3 Å². The topological polar surface area (TPSA) is 24.9 Å². The Hall–Kier alpha value is -0.410. The van der Waals surface area contributed by atoms with E-state index in [1.807, 2.05) is 11.3 Å². The highest BCUT2D eigenvalue weighted by Crippen LogP contribution is 2.46. The lowest BCUT2D eigenvalue weighted by atomic mass is 9.71. The third-order valence-electron chi connectivity index (χ3n) is 5.03. The molecule has 0 aromatic carbocycles. The van der Waals surface area contributed by atoms with E-state index < -0.39 is 0 Å². The van der Waals surface area contributed by atoms with Crippen LogP contribution in [0.2, 0.25) is 0 Å². The zero-order valence-corrected chi connectivity index (χ0v) is 13.1. The molecule has 1 fully saturated rings. The third kappa shape index (κ3) is 2.25. The maximum absolute atomic E-state index is 5.06. The van der Waals surface area contributed by atoms with Crippen molar-refractivity contribution in [1.29, 1.82) is 0 Å². The lowest BCUT2D eigenvalue weighted by Gasteiger charge is -2.43. The van der Waals surface area contributed by atoms with Gasteiger partial charge in [-0.15, -0.1) is 11.3 Å². The highest BCUT2D eigenvalue weighted by atomic mass is 32.1. The number of hydrogen-bond donors (Lipinski definition) is 1. The molecule has 1 saturated carbocycles. The first kappa shape index (κ1) is 13.6. The normalized spacial score (nSPS) is 30.5. The van der Waals surface area contributed by atoms with Crippen molar-refractivity contribution in [3.63, 3.8) is 0 Å². The third-order valence-corrected chi connectivity index (χ3v) is 6.37. The Labute approximate surface area is 121 Å². The average molecular weight is 278 g/mol. The molecule has 1 heterocycles. The van der Waals surface area contributed by atoms with Crippen molar-refractivity contribution in [3.8, 4) is 0 Å². The summed E-state index contributed by atoms with van der Waals surface area (Å²) in [4.78, 5) is 6.64. The van der Waals surface area contributed by atoms with Crippen LogP contribution >= 0.6 is 11.3 Å². The molecule has 19 heavy (non-hydrogen) atoms. The summed E-state index contributed by atoms with van der Waals surface area (Å²) in [6, 6.07) is 0. The molecule has 0 saturated heterocycles. The largest absolute Gasteiger partial charge is 0.305 e. The molecule has 0 bridgehead atoms. The van der Waals surface area contributed by atoms with E-state index in [1.165, 1.54) is 62.1 Å². The van der Waals surface area contributed by atoms with Crippen LogP contribution < -0.4 is 5.32 Å². The fourth-order valence-corrected chi connectivity index (χ4v) is 5.51. The summed E-state index contributed by atoms with van der Waals surface area (Å²) in [6.07, 6.45) is 10.5. The average Bonchev–Trinajstić information content (AvgIpc) is 3.00. The fourth-order valence-electron chi connectivity index (χ4n) is 4.08. The molecule has 2 unspecified atom stereocenters. The van der Waals surface area contributed by atoms with Crippen LogP contribution in [-0.2, 0) is 18.4 Å². The molecule has 0 spiro atoms. The lowest BCUT2D eigenvalue weighted by Crippen LogP contribution is -2.50. The zero-order valence-electron chi connectivity index (χ0n) is 12.3. The van der Waals surface area contributed by atoms with Gasteiger partial charge in [-0.1, -0.05) is 33.1 Å². The number of thiazole rings is 1. The summed E-state index contributed by atoms with van der Waals surface area (Å²) in [6.45, 7) is 5.65. The predicted octanol–water partition coefficient (Wildman–Crippen LogP) is 4.04. The molecular weight excluding hydrogens is 252 g/mol. The van der Waals surface area contributed by atoms with Crippen LogP contribution in [0, 0.1) is 5.92 Å². The Morgan fingerprint density at radius 1 is 1.26 bits per heavy atom. The van der Waals surface area contributed by atoms with Gasteiger partial charge in [-0.25, -0.2) is 4.98 Å². The second-order valence-electron chi connectivity index (χ2n) is 6.10. The van der Waals surface area contributed by atoms with Crippen molar-refractivity contribution in [2.75, 3.05) is 6.54 Å². The fraction of sp³-hybridized carbons (Fsp3) is 0.812. The van der Waals surface area contributed by atoms with Gasteiger partial charge in [0.2, 0.25) is 0 Å². The monoisotopic (exact) mass is 278 g/mol. The van der Waals surface area contributed by atoms with Crippen LogP contribution in [0.15, 0.2) is 0 Å². The second-order valence-corrected chi connectivity index (χ2v) is 7.18. The van der Waals surface area contributed by atoms with Crippen molar-refractivity contribution in [2.24, 2.45) is 5.92 Å². The molecule has 106 valence electrons. The summed E-state index contributed by atoms with van der Waals surface area (Å²) in [5.74, 6) is 0.771. The maximum atomic E-state index is 5.06. The summed E-state index contributed by atoms with van der Waals surface area (Å²) >= 11 is 2.01. The summed E-state index contributed by atoms with van der Waals surface area (Å²) < 4.78 is 0. The number of aryl methyl sites for hydroxylation is 2. The minimum Gasteiger partial charge on any atom is -0.305 e. The van der Waals surface area contributed by atoms with Gasteiger partial charge in [-0.05, 0) is 44.6 Å². The van der Waals surface area contributed by atoms with Gasteiger partial charge < -0.3 is 5.32 Å². The van der Waals surface area contributed by atoms with E-state index in [9.17, 15) is 0 Å². The highest BCUT2D eigenvalue weighted by Gasteiger charge is 2.43. The van der Waals surface area contributed by atoms with Crippen LogP contribution in [0.5, 0.6) is 0 Å². The Morgan fingerprint density at radius 2 is 2.16 bits per heavy atom. The van der Waals surface area contributed by atoms with Gasteiger partial charge in [0.25, 0.3) is 0 Å². The first-order chi connectivity index (χ1) is 9.30. The lowest BCUT2D eigenvalue weighted by molar-refractivity contribution is 0.137. The number of aromatic nitrogens is 1. The summed E-state index contributed by atoms with van der Waals surface area (Å²) in [7, 11) is 0. The van der Waals surface area contributed by atoms with Crippen molar-refractivity contribution in [2.45, 2.75) is 70.8 Å². The van der Waals surface area contributed by atoms with Crippen LogP contribution in [0.3, 0.4) is 0 Å². The molecule has 1 aromatic heterocycles. The molecule has 3 rings (SSSR count). The minimum atomic E-state index is 0.191. The van der Waals surface area contributed by atoms with E-state index in [-0.39, 0.29) is 5.54 Å². The van der Waals surface area contributed by atoms with Crippen LogP contribution in [-0.4, -0.2) is 11.5 Å². The molecular formula is C16H26N2S. The van der Waals surface area contributed by atoms with Crippen molar-refractivity contribution in [1.82, 2.24) is 10.3 Å². The van der Waals surface area contributed by atoms with E-state index in [0.717, 1.165) is 12.5 Å². The number of rotatable bonds is 4. The molecule has 0 radical (unpaired) electrons. The number of nitrogens with one attached hydrogen (secondary N) is 1. The molecule has 3 heteroatoms. The van der Waals surface area contributed by atoms with Gasteiger partial charge in [0.1, 0.15) is 5.01 Å². The molecule has 2 atom stereocenters. The van der Waals surface area contributed by atoms with Crippen molar-refractivity contribution in [3.05, 3.63) is 15.6 Å². The van der Waals surface area contributed by atoms with E-state index in [1.54, 1.807) is 4.88 Å². The van der Waals surface area contributed by atoms with Crippen LogP contribution in [0.25, 0.3) is 0 Å². The minimum absolute atomic E-state index is 0.191. The molecule has 1 aromatic rings. The van der Waals surface area contributed by atoms with Crippen molar-refractivity contribution < 1.29 is 0 Å². The van der Waals surface area contributed by atoms with Gasteiger partial charge in [0, 0.05) is 4.88 Å². The van der Waals surface area contributed by atoms with Gasteiger partial charge in [0.15, 0.2) is 0 Å². The van der Waals surface area contributed by atoms with E-state index in [0.29, 0.717) is 0 Å². The standard InChI is InChI=1S/C16H26N2S/c1-3-12-8-5-6-11-16(12,17-4-2)15-18-13-9-7-10-14(13)19-15/h12,17H,3-11H2,1-2H3. The molecule has 2 nitrogen and oxygen atoms in total. The second kappa shape index (κ2) is 5.53. The number of fused-ring (bicyclic) bond motifs is 1. The predicted molar refractivity (Wildman–Crippen MR) is 81.7 cm³/mol.